The molecule has 0 saturated carbocycles. The molecule has 2 aromatic rings. The lowest BCUT2D eigenvalue weighted by Gasteiger charge is -2.00. The molecule has 0 spiro atoms. The number of halogens is 2. The van der Waals surface area contributed by atoms with E-state index in [0.717, 1.165) is 18.2 Å². The van der Waals surface area contributed by atoms with E-state index < -0.39 is 11.6 Å². The largest absolute Gasteiger partial charge is 0.466 e. The summed E-state index contributed by atoms with van der Waals surface area (Å²) in [5.41, 5.74) is 0.410. The molecule has 0 fully saturated rings. The summed E-state index contributed by atoms with van der Waals surface area (Å²) in [4.78, 5) is 15.4. The third kappa shape index (κ3) is 3.35. The molecule has 2 rings (SSSR count). The summed E-state index contributed by atoms with van der Waals surface area (Å²) in [5, 5.41) is 2.10. The zero-order valence-corrected chi connectivity index (χ0v) is 11.0. The van der Waals surface area contributed by atoms with Gasteiger partial charge in [-0.15, -0.1) is 11.3 Å². The number of nitrogens with zero attached hydrogens (tertiary/aromatic N) is 1. The lowest BCUT2D eigenvalue weighted by atomic mass is 10.1. The Bertz CT molecular complexity index is 598. The second-order valence-electron chi connectivity index (χ2n) is 3.73. The molecule has 1 aromatic heterocycles. The SMILES string of the molecule is CCOC(=O)Cc1nc(-c2cc(F)ccc2F)cs1. The maximum Gasteiger partial charge on any atom is 0.312 e. The van der Waals surface area contributed by atoms with Crippen molar-refractivity contribution in [1.82, 2.24) is 4.98 Å². The minimum absolute atomic E-state index is 0.0371. The highest BCUT2D eigenvalue weighted by atomic mass is 32.1. The van der Waals surface area contributed by atoms with Crippen molar-refractivity contribution in [2.75, 3.05) is 6.61 Å². The van der Waals surface area contributed by atoms with Gasteiger partial charge < -0.3 is 4.74 Å². The van der Waals surface area contributed by atoms with E-state index in [1.807, 2.05) is 0 Å². The fourth-order valence-corrected chi connectivity index (χ4v) is 2.32. The molecule has 0 unspecified atom stereocenters. The molecule has 1 aromatic carbocycles. The van der Waals surface area contributed by atoms with Gasteiger partial charge in [0.2, 0.25) is 0 Å². The van der Waals surface area contributed by atoms with Gasteiger partial charge in [-0.25, -0.2) is 13.8 Å². The van der Waals surface area contributed by atoms with Gasteiger partial charge in [-0.3, -0.25) is 4.79 Å². The Morgan fingerprint density at radius 2 is 2.21 bits per heavy atom. The molecule has 0 amide bonds. The van der Waals surface area contributed by atoms with Crippen molar-refractivity contribution in [3.05, 3.63) is 40.2 Å². The number of carbonyl (C=O) groups is 1. The summed E-state index contributed by atoms with van der Waals surface area (Å²) in [6.07, 6.45) is 0.0371. The Morgan fingerprint density at radius 3 is 2.95 bits per heavy atom. The van der Waals surface area contributed by atoms with Crippen molar-refractivity contribution in [3.8, 4) is 11.3 Å². The number of ether oxygens (including phenoxy) is 1. The number of carbonyl (C=O) groups excluding carboxylic acids is 1. The minimum atomic E-state index is -0.547. The van der Waals surface area contributed by atoms with E-state index in [1.54, 1.807) is 12.3 Å². The number of hydrogen-bond donors (Lipinski definition) is 0. The highest BCUT2D eigenvalue weighted by Gasteiger charge is 2.13. The van der Waals surface area contributed by atoms with E-state index in [4.69, 9.17) is 4.74 Å². The molecule has 0 bridgehead atoms. The predicted octanol–water partition coefficient (Wildman–Crippen LogP) is 3.19. The van der Waals surface area contributed by atoms with Crippen molar-refractivity contribution >= 4 is 17.3 Å². The molecule has 0 aliphatic rings. The zero-order valence-electron chi connectivity index (χ0n) is 10.2. The Labute approximate surface area is 112 Å². The van der Waals surface area contributed by atoms with Gasteiger partial charge >= 0.3 is 5.97 Å². The van der Waals surface area contributed by atoms with E-state index in [9.17, 15) is 13.6 Å². The molecule has 19 heavy (non-hydrogen) atoms. The van der Waals surface area contributed by atoms with E-state index in [2.05, 4.69) is 4.98 Å². The number of benzene rings is 1. The Hall–Kier alpha value is -1.82. The van der Waals surface area contributed by atoms with Gasteiger partial charge in [0, 0.05) is 10.9 Å². The molecule has 0 saturated heterocycles. The summed E-state index contributed by atoms with van der Waals surface area (Å²) < 4.78 is 31.4. The van der Waals surface area contributed by atoms with Gasteiger partial charge in [0.25, 0.3) is 0 Å². The van der Waals surface area contributed by atoms with Crippen LogP contribution in [0.4, 0.5) is 8.78 Å². The fourth-order valence-electron chi connectivity index (χ4n) is 1.55. The van der Waals surface area contributed by atoms with Crippen molar-refractivity contribution in [3.63, 3.8) is 0 Å². The van der Waals surface area contributed by atoms with Crippen LogP contribution in [0.15, 0.2) is 23.6 Å². The highest BCUT2D eigenvalue weighted by molar-refractivity contribution is 7.10. The Kier molecular flexibility index (Phi) is 4.21. The molecule has 100 valence electrons. The average Bonchev–Trinajstić information content (AvgIpc) is 2.81. The van der Waals surface area contributed by atoms with Crippen LogP contribution >= 0.6 is 11.3 Å². The van der Waals surface area contributed by atoms with Crippen LogP contribution in [0.3, 0.4) is 0 Å². The molecule has 0 radical (unpaired) electrons. The normalized spacial score (nSPS) is 10.5. The number of esters is 1. The number of rotatable bonds is 4. The number of aromatic nitrogens is 1. The molecule has 3 nitrogen and oxygen atoms in total. The quantitative estimate of drug-likeness (QED) is 0.809. The van der Waals surface area contributed by atoms with E-state index >= 15 is 0 Å². The molecule has 0 aliphatic carbocycles. The minimum Gasteiger partial charge on any atom is -0.466 e. The highest BCUT2D eigenvalue weighted by Crippen LogP contribution is 2.25. The van der Waals surface area contributed by atoms with Crippen molar-refractivity contribution < 1.29 is 18.3 Å². The van der Waals surface area contributed by atoms with Gasteiger partial charge in [-0.05, 0) is 25.1 Å². The first-order valence-electron chi connectivity index (χ1n) is 5.65. The van der Waals surface area contributed by atoms with Gasteiger partial charge in [-0.2, -0.15) is 0 Å². The number of thiazole rings is 1. The van der Waals surface area contributed by atoms with Gasteiger partial charge in [0.05, 0.1) is 18.7 Å². The van der Waals surface area contributed by atoms with Crippen LogP contribution in [0.1, 0.15) is 11.9 Å². The zero-order chi connectivity index (χ0) is 13.8. The van der Waals surface area contributed by atoms with E-state index in [1.165, 1.54) is 11.3 Å². The molecular weight excluding hydrogens is 272 g/mol. The Balaban J connectivity index is 2.21. The van der Waals surface area contributed by atoms with E-state index in [0.29, 0.717) is 17.3 Å². The second-order valence-corrected chi connectivity index (χ2v) is 4.68. The third-order valence-corrected chi connectivity index (χ3v) is 3.21. The molecule has 6 heteroatoms. The summed E-state index contributed by atoms with van der Waals surface area (Å²) in [6.45, 7) is 2.02. The van der Waals surface area contributed by atoms with Crippen LogP contribution < -0.4 is 0 Å². The maximum atomic E-state index is 13.6. The molecular formula is C13H11F2NO2S. The first kappa shape index (κ1) is 13.6. The van der Waals surface area contributed by atoms with Gasteiger partial charge in [0.1, 0.15) is 16.6 Å². The van der Waals surface area contributed by atoms with Crippen LogP contribution in [0.5, 0.6) is 0 Å². The average molecular weight is 283 g/mol. The van der Waals surface area contributed by atoms with Gasteiger partial charge in [0.15, 0.2) is 0 Å². The Morgan fingerprint density at radius 1 is 1.42 bits per heavy atom. The van der Waals surface area contributed by atoms with Crippen LogP contribution in [0, 0.1) is 11.6 Å². The van der Waals surface area contributed by atoms with Crippen LogP contribution in [-0.4, -0.2) is 17.6 Å². The van der Waals surface area contributed by atoms with Crippen molar-refractivity contribution in [1.29, 1.82) is 0 Å². The molecule has 0 aliphatic heterocycles. The van der Waals surface area contributed by atoms with Crippen LogP contribution in [-0.2, 0) is 16.0 Å². The lowest BCUT2D eigenvalue weighted by molar-refractivity contribution is -0.142. The van der Waals surface area contributed by atoms with Crippen molar-refractivity contribution in [2.45, 2.75) is 13.3 Å². The summed E-state index contributed by atoms with van der Waals surface area (Å²) >= 11 is 1.21. The maximum absolute atomic E-state index is 13.6. The molecule has 1 heterocycles. The van der Waals surface area contributed by atoms with Crippen LogP contribution in [0.2, 0.25) is 0 Å². The topological polar surface area (TPSA) is 39.2 Å². The smallest absolute Gasteiger partial charge is 0.312 e. The van der Waals surface area contributed by atoms with Gasteiger partial charge in [-0.1, -0.05) is 0 Å². The van der Waals surface area contributed by atoms with Crippen LogP contribution in [0.25, 0.3) is 11.3 Å². The molecule has 0 atom stereocenters. The summed E-state index contributed by atoms with van der Waals surface area (Å²) in [7, 11) is 0. The monoisotopic (exact) mass is 283 g/mol. The van der Waals surface area contributed by atoms with E-state index in [-0.39, 0.29) is 18.0 Å². The standard InChI is InChI=1S/C13H11F2NO2S/c1-2-18-13(17)6-12-16-11(7-19-12)9-5-8(14)3-4-10(9)15/h3-5,7H,2,6H2,1H3. The predicted molar refractivity (Wildman–Crippen MR) is 67.8 cm³/mol. The summed E-state index contributed by atoms with van der Waals surface area (Å²) in [5.74, 6) is -1.46. The lowest BCUT2D eigenvalue weighted by Crippen LogP contribution is -2.07. The first-order valence-corrected chi connectivity index (χ1v) is 6.53. The number of hydrogen-bond acceptors (Lipinski definition) is 4. The summed E-state index contributed by atoms with van der Waals surface area (Å²) in [6, 6.07) is 3.18. The third-order valence-electron chi connectivity index (χ3n) is 2.36. The van der Waals surface area contributed by atoms with Crippen molar-refractivity contribution in [2.24, 2.45) is 0 Å². The second kappa shape index (κ2) is 5.88. The first-order chi connectivity index (χ1) is 9.10. The fraction of sp³-hybridized carbons (Fsp3) is 0.231. The molecule has 0 N–H and O–H groups in total.